The summed E-state index contributed by atoms with van der Waals surface area (Å²) in [5, 5.41) is 0.659. The minimum absolute atomic E-state index is 0.137. The van der Waals surface area contributed by atoms with Crippen LogP contribution in [0, 0.1) is 5.92 Å². The second-order valence-electron chi connectivity index (χ2n) is 4.57. The van der Waals surface area contributed by atoms with E-state index in [0.29, 0.717) is 28.2 Å². The molecule has 0 bridgehead atoms. The van der Waals surface area contributed by atoms with Crippen molar-refractivity contribution in [3.05, 3.63) is 41.4 Å². The van der Waals surface area contributed by atoms with Gasteiger partial charge in [0.05, 0.1) is 25.0 Å². The van der Waals surface area contributed by atoms with Crippen molar-refractivity contribution in [1.29, 1.82) is 0 Å². The first-order valence-corrected chi connectivity index (χ1v) is 7.99. The molecule has 0 aliphatic rings. The lowest BCUT2D eigenvalue weighted by molar-refractivity contribution is -0.143. The van der Waals surface area contributed by atoms with Crippen LogP contribution in [-0.4, -0.2) is 23.8 Å². The topological polar surface area (TPSA) is 52.3 Å². The fourth-order valence-corrected chi connectivity index (χ4v) is 2.85. The predicted octanol–water partition coefficient (Wildman–Crippen LogP) is 4.04. The van der Waals surface area contributed by atoms with E-state index >= 15 is 0 Å². The first kappa shape index (κ1) is 15.9. The molecule has 0 saturated heterocycles. The first-order valence-electron chi connectivity index (χ1n) is 6.46. The number of nitrogens with zero attached hydrogens (tertiary/aromatic N) is 1. The number of oxazole rings is 1. The molecule has 0 saturated carbocycles. The third kappa shape index (κ3) is 4.51. The van der Waals surface area contributed by atoms with Crippen molar-refractivity contribution in [3.63, 3.8) is 0 Å². The highest BCUT2D eigenvalue weighted by Gasteiger charge is 2.14. The molecular weight excluding hydrogens is 310 g/mol. The van der Waals surface area contributed by atoms with E-state index in [-0.39, 0.29) is 11.9 Å². The molecule has 112 valence electrons. The maximum absolute atomic E-state index is 11.3. The third-order valence-corrected chi connectivity index (χ3v) is 4.28. The Morgan fingerprint density at radius 2 is 2.33 bits per heavy atom. The smallest absolute Gasteiger partial charge is 0.309 e. The van der Waals surface area contributed by atoms with E-state index in [4.69, 9.17) is 16.0 Å². The van der Waals surface area contributed by atoms with E-state index < -0.39 is 0 Å². The Bertz CT molecular complexity index is 614. The van der Waals surface area contributed by atoms with Gasteiger partial charge in [-0.3, -0.25) is 4.79 Å². The largest absolute Gasteiger partial charge is 0.469 e. The molecule has 0 spiro atoms. The van der Waals surface area contributed by atoms with Crippen molar-refractivity contribution in [2.24, 2.45) is 5.92 Å². The van der Waals surface area contributed by atoms with E-state index in [1.54, 1.807) is 18.0 Å². The van der Waals surface area contributed by atoms with Crippen LogP contribution in [0.4, 0.5) is 0 Å². The molecule has 21 heavy (non-hydrogen) atoms. The zero-order valence-corrected chi connectivity index (χ0v) is 13.4. The number of carbonyl (C=O) groups excluding carboxylic acids is 1. The Morgan fingerprint density at radius 1 is 1.52 bits per heavy atom. The molecule has 2 rings (SSSR count). The van der Waals surface area contributed by atoms with Crippen molar-refractivity contribution >= 4 is 29.3 Å². The Morgan fingerprint density at radius 3 is 3.05 bits per heavy atom. The number of halogens is 1. The minimum atomic E-state index is -0.200. The van der Waals surface area contributed by atoms with Crippen LogP contribution in [0.25, 0.3) is 11.3 Å². The number of thioether (sulfide) groups is 1. The molecule has 0 radical (unpaired) electrons. The molecule has 1 unspecified atom stereocenters. The zero-order valence-electron chi connectivity index (χ0n) is 11.8. The second kappa shape index (κ2) is 7.52. The lowest BCUT2D eigenvalue weighted by Crippen LogP contribution is -2.14. The molecule has 6 heteroatoms. The lowest BCUT2D eigenvalue weighted by Gasteiger charge is -2.07. The average Bonchev–Trinajstić information content (AvgIpc) is 2.95. The van der Waals surface area contributed by atoms with Crippen LogP contribution in [0.1, 0.15) is 12.8 Å². The maximum atomic E-state index is 11.3. The number of methoxy groups -OCH3 is 1. The van der Waals surface area contributed by atoms with Crippen molar-refractivity contribution in [3.8, 4) is 11.3 Å². The van der Waals surface area contributed by atoms with Gasteiger partial charge < -0.3 is 9.15 Å². The highest BCUT2D eigenvalue weighted by Crippen LogP contribution is 2.25. The quantitative estimate of drug-likeness (QED) is 0.750. The van der Waals surface area contributed by atoms with Gasteiger partial charge in [-0.25, -0.2) is 4.98 Å². The van der Waals surface area contributed by atoms with Crippen LogP contribution in [0.2, 0.25) is 5.02 Å². The van der Waals surface area contributed by atoms with Gasteiger partial charge in [0.15, 0.2) is 5.76 Å². The maximum Gasteiger partial charge on any atom is 0.309 e. The van der Waals surface area contributed by atoms with E-state index in [1.165, 1.54) is 7.11 Å². The summed E-state index contributed by atoms with van der Waals surface area (Å²) in [6.07, 6.45) is 1.69. The Kier molecular flexibility index (Phi) is 5.70. The van der Waals surface area contributed by atoms with Crippen LogP contribution in [-0.2, 0) is 15.3 Å². The van der Waals surface area contributed by atoms with Crippen LogP contribution in [0.5, 0.6) is 0 Å². The van der Waals surface area contributed by atoms with Crippen LogP contribution in [0.3, 0.4) is 0 Å². The summed E-state index contributed by atoms with van der Waals surface area (Å²) in [5.41, 5.74) is 0.897. The van der Waals surface area contributed by atoms with Gasteiger partial charge in [0, 0.05) is 16.3 Å². The molecule has 0 N–H and O–H groups in total. The number of benzene rings is 1. The molecule has 0 aliphatic carbocycles. The van der Waals surface area contributed by atoms with Gasteiger partial charge >= 0.3 is 5.97 Å². The molecule has 1 aromatic carbocycles. The van der Waals surface area contributed by atoms with Gasteiger partial charge in [0.1, 0.15) is 0 Å². The molecule has 0 fully saturated rings. The number of rotatable bonds is 6. The number of hydrogen-bond acceptors (Lipinski definition) is 5. The standard InChI is InChI=1S/C15H16ClNO3S/c1-10(15(18)19-2)8-21-9-14-17-7-13(20-14)11-4-3-5-12(16)6-11/h3-7,10H,8-9H2,1-2H3. The SMILES string of the molecule is COC(=O)C(C)CSCc1ncc(-c2cccc(Cl)c2)o1. The van der Waals surface area contributed by atoms with Crippen molar-refractivity contribution in [1.82, 2.24) is 4.98 Å². The van der Waals surface area contributed by atoms with Gasteiger partial charge in [-0.05, 0) is 12.1 Å². The Balaban J connectivity index is 1.90. The Labute approximate surface area is 132 Å². The van der Waals surface area contributed by atoms with Gasteiger partial charge in [-0.2, -0.15) is 11.8 Å². The molecule has 1 heterocycles. The van der Waals surface area contributed by atoms with Crippen LogP contribution < -0.4 is 0 Å². The highest BCUT2D eigenvalue weighted by molar-refractivity contribution is 7.98. The van der Waals surface area contributed by atoms with Gasteiger partial charge in [-0.15, -0.1) is 0 Å². The summed E-state index contributed by atoms with van der Waals surface area (Å²) in [6.45, 7) is 1.84. The second-order valence-corrected chi connectivity index (χ2v) is 6.03. The van der Waals surface area contributed by atoms with Crippen molar-refractivity contribution < 1.29 is 13.9 Å². The zero-order chi connectivity index (χ0) is 15.2. The summed E-state index contributed by atoms with van der Waals surface area (Å²) in [6, 6.07) is 7.43. The fourth-order valence-electron chi connectivity index (χ4n) is 1.74. The lowest BCUT2D eigenvalue weighted by atomic mass is 10.2. The van der Waals surface area contributed by atoms with Crippen LogP contribution in [0.15, 0.2) is 34.9 Å². The monoisotopic (exact) mass is 325 g/mol. The summed E-state index contributed by atoms with van der Waals surface area (Å²) in [7, 11) is 1.40. The van der Waals surface area contributed by atoms with Gasteiger partial charge in [0.25, 0.3) is 0 Å². The summed E-state index contributed by atoms with van der Waals surface area (Å²) in [5.74, 6) is 2.27. The number of aromatic nitrogens is 1. The van der Waals surface area contributed by atoms with Crippen molar-refractivity contribution in [2.45, 2.75) is 12.7 Å². The molecule has 4 nitrogen and oxygen atoms in total. The average molecular weight is 326 g/mol. The number of carbonyl (C=O) groups is 1. The van der Waals surface area contributed by atoms with Gasteiger partial charge in [-0.1, -0.05) is 30.7 Å². The van der Waals surface area contributed by atoms with E-state index in [0.717, 1.165) is 5.56 Å². The van der Waals surface area contributed by atoms with Gasteiger partial charge in [0.2, 0.25) is 5.89 Å². The molecule has 1 atom stereocenters. The molecule has 1 aromatic heterocycles. The third-order valence-electron chi connectivity index (χ3n) is 2.86. The summed E-state index contributed by atoms with van der Waals surface area (Å²) >= 11 is 7.54. The normalized spacial score (nSPS) is 12.1. The Hall–Kier alpha value is -1.46. The fraction of sp³-hybridized carbons (Fsp3) is 0.333. The summed E-state index contributed by atoms with van der Waals surface area (Å²) in [4.78, 5) is 15.5. The number of ether oxygens (including phenoxy) is 1. The first-order chi connectivity index (χ1) is 10.1. The van der Waals surface area contributed by atoms with Crippen molar-refractivity contribution in [2.75, 3.05) is 12.9 Å². The summed E-state index contributed by atoms with van der Waals surface area (Å²) < 4.78 is 10.4. The molecule has 2 aromatic rings. The van der Waals surface area contributed by atoms with Crippen LogP contribution >= 0.6 is 23.4 Å². The highest BCUT2D eigenvalue weighted by atomic mass is 35.5. The number of hydrogen-bond donors (Lipinski definition) is 0. The van der Waals surface area contributed by atoms with E-state index in [1.807, 2.05) is 31.2 Å². The minimum Gasteiger partial charge on any atom is -0.469 e. The van der Waals surface area contributed by atoms with E-state index in [2.05, 4.69) is 9.72 Å². The number of esters is 1. The molecule has 0 aliphatic heterocycles. The predicted molar refractivity (Wildman–Crippen MR) is 84.3 cm³/mol. The molecule has 0 amide bonds. The molecular formula is C15H16ClNO3S. The van der Waals surface area contributed by atoms with E-state index in [9.17, 15) is 4.79 Å².